The molecule has 0 aliphatic carbocycles. The number of aromatic nitrogens is 1. The normalized spacial score (nSPS) is 16.5. The molecule has 2 heterocycles. The number of aliphatic hydroxyl groups is 1. The molecule has 0 unspecified atom stereocenters. The molecular weight excluding hydrogens is 244 g/mol. The molecule has 0 aromatic carbocycles. The fourth-order valence-corrected chi connectivity index (χ4v) is 2.22. The monoisotopic (exact) mass is 264 g/mol. The van der Waals surface area contributed by atoms with E-state index in [0.717, 1.165) is 12.1 Å². The Kier molecular flexibility index (Phi) is 4.34. The highest BCUT2D eigenvalue weighted by Crippen LogP contribution is 2.16. The summed E-state index contributed by atoms with van der Waals surface area (Å²) in [6.45, 7) is 3.17. The molecule has 1 aromatic rings. The van der Waals surface area contributed by atoms with Crippen molar-refractivity contribution in [2.45, 2.75) is 32.3 Å². The van der Waals surface area contributed by atoms with Crippen molar-refractivity contribution < 1.29 is 9.90 Å². The first-order valence-corrected chi connectivity index (χ1v) is 6.59. The third kappa shape index (κ3) is 3.21. The minimum absolute atomic E-state index is 0.0273. The van der Waals surface area contributed by atoms with Gasteiger partial charge in [-0.3, -0.25) is 4.79 Å². The number of hydrogen-bond donors (Lipinski definition) is 3. The third-order valence-electron chi connectivity index (χ3n) is 3.39. The highest BCUT2D eigenvalue weighted by Gasteiger charge is 2.22. The molecule has 1 saturated heterocycles. The Balaban J connectivity index is 2.18. The summed E-state index contributed by atoms with van der Waals surface area (Å²) < 4.78 is 0. The van der Waals surface area contributed by atoms with E-state index in [9.17, 15) is 9.90 Å². The molecule has 19 heavy (non-hydrogen) atoms. The lowest BCUT2D eigenvalue weighted by Crippen LogP contribution is -2.40. The summed E-state index contributed by atoms with van der Waals surface area (Å²) >= 11 is 0. The number of carbonyl (C=O) groups is 1. The number of nitrogens with one attached hydrogen (secondary N) is 1. The maximum Gasteiger partial charge on any atom is 0.254 e. The van der Waals surface area contributed by atoms with Crippen LogP contribution in [0.15, 0.2) is 12.1 Å². The maximum absolute atomic E-state index is 12.4. The SMILES string of the molecule is CCc1cc(C(=O)N2CCC(O)CC2)cc(NN)n1. The van der Waals surface area contributed by atoms with Gasteiger partial charge in [0.2, 0.25) is 0 Å². The Morgan fingerprint density at radius 1 is 1.53 bits per heavy atom. The topological polar surface area (TPSA) is 91.5 Å². The second kappa shape index (κ2) is 5.99. The molecule has 6 nitrogen and oxygen atoms in total. The predicted octanol–water partition coefficient (Wildman–Crippen LogP) is 0.526. The van der Waals surface area contributed by atoms with Gasteiger partial charge in [0.15, 0.2) is 0 Å². The molecule has 104 valence electrons. The fraction of sp³-hybridized carbons (Fsp3) is 0.538. The Morgan fingerprint density at radius 3 is 2.79 bits per heavy atom. The number of nitrogens with zero attached hydrogens (tertiary/aromatic N) is 2. The Labute approximate surface area is 112 Å². The van der Waals surface area contributed by atoms with Crippen molar-refractivity contribution in [1.82, 2.24) is 9.88 Å². The van der Waals surface area contributed by atoms with Crippen LogP contribution in [0.3, 0.4) is 0 Å². The number of hydrogen-bond acceptors (Lipinski definition) is 5. The maximum atomic E-state index is 12.4. The molecule has 1 amide bonds. The van der Waals surface area contributed by atoms with E-state index in [1.807, 2.05) is 6.92 Å². The molecule has 0 atom stereocenters. The number of aryl methyl sites for hydroxylation is 1. The van der Waals surface area contributed by atoms with Crippen LogP contribution in [-0.4, -0.2) is 40.1 Å². The van der Waals surface area contributed by atoms with Gasteiger partial charge in [-0.25, -0.2) is 10.8 Å². The molecule has 1 aromatic heterocycles. The van der Waals surface area contributed by atoms with Crippen LogP contribution in [0.2, 0.25) is 0 Å². The Hall–Kier alpha value is -1.66. The highest BCUT2D eigenvalue weighted by atomic mass is 16.3. The number of nitrogens with two attached hydrogens (primary N) is 1. The number of carbonyl (C=O) groups excluding carboxylic acids is 1. The molecular formula is C13H20N4O2. The molecule has 2 rings (SSSR count). The number of amides is 1. The first-order valence-electron chi connectivity index (χ1n) is 6.59. The van der Waals surface area contributed by atoms with Crippen LogP contribution in [0.1, 0.15) is 35.8 Å². The first kappa shape index (κ1) is 13.8. The van der Waals surface area contributed by atoms with Crippen molar-refractivity contribution in [3.63, 3.8) is 0 Å². The van der Waals surface area contributed by atoms with E-state index in [4.69, 9.17) is 5.84 Å². The Morgan fingerprint density at radius 2 is 2.21 bits per heavy atom. The fourth-order valence-electron chi connectivity index (χ4n) is 2.22. The van der Waals surface area contributed by atoms with Gasteiger partial charge in [-0.15, -0.1) is 0 Å². The lowest BCUT2D eigenvalue weighted by Gasteiger charge is -2.29. The van der Waals surface area contributed by atoms with E-state index >= 15 is 0 Å². The molecule has 0 radical (unpaired) electrons. The number of likely N-dealkylation sites (tertiary alicyclic amines) is 1. The zero-order valence-corrected chi connectivity index (χ0v) is 11.1. The number of aliphatic hydroxyl groups excluding tert-OH is 1. The van der Waals surface area contributed by atoms with Crippen LogP contribution in [-0.2, 0) is 6.42 Å². The van der Waals surface area contributed by atoms with Crippen molar-refractivity contribution in [3.05, 3.63) is 23.4 Å². The van der Waals surface area contributed by atoms with Crippen molar-refractivity contribution >= 4 is 11.7 Å². The largest absolute Gasteiger partial charge is 0.393 e. The molecule has 1 aliphatic rings. The highest BCUT2D eigenvalue weighted by molar-refractivity contribution is 5.95. The summed E-state index contributed by atoms with van der Waals surface area (Å²) in [5, 5.41) is 9.47. The van der Waals surface area contributed by atoms with Crippen LogP contribution in [0.4, 0.5) is 5.82 Å². The van der Waals surface area contributed by atoms with E-state index in [2.05, 4.69) is 10.4 Å². The summed E-state index contributed by atoms with van der Waals surface area (Å²) in [4.78, 5) is 18.4. The first-order chi connectivity index (χ1) is 9.13. The third-order valence-corrected chi connectivity index (χ3v) is 3.39. The standard InChI is InChI=1S/C13H20N4O2/c1-2-10-7-9(8-12(15-10)16-14)13(19)17-5-3-11(18)4-6-17/h7-8,11,18H,2-6,14H2,1H3,(H,15,16). The number of anilines is 1. The second-order valence-corrected chi connectivity index (χ2v) is 4.75. The van der Waals surface area contributed by atoms with Gasteiger partial charge in [0, 0.05) is 24.3 Å². The zero-order valence-electron chi connectivity index (χ0n) is 11.1. The zero-order chi connectivity index (χ0) is 13.8. The molecule has 4 N–H and O–H groups in total. The number of pyridine rings is 1. The van der Waals surface area contributed by atoms with E-state index < -0.39 is 0 Å². The van der Waals surface area contributed by atoms with Gasteiger partial charge in [0.05, 0.1) is 6.10 Å². The van der Waals surface area contributed by atoms with Gasteiger partial charge in [0.1, 0.15) is 5.82 Å². The molecule has 0 saturated carbocycles. The van der Waals surface area contributed by atoms with Gasteiger partial charge in [-0.1, -0.05) is 6.92 Å². The number of rotatable bonds is 3. The smallest absolute Gasteiger partial charge is 0.254 e. The summed E-state index contributed by atoms with van der Waals surface area (Å²) in [5.74, 6) is 5.84. The van der Waals surface area contributed by atoms with Crippen LogP contribution in [0, 0.1) is 0 Å². The second-order valence-electron chi connectivity index (χ2n) is 4.75. The van der Waals surface area contributed by atoms with Gasteiger partial charge in [-0.05, 0) is 31.4 Å². The predicted molar refractivity (Wildman–Crippen MR) is 72.6 cm³/mol. The van der Waals surface area contributed by atoms with Gasteiger partial charge < -0.3 is 15.4 Å². The van der Waals surface area contributed by atoms with Crippen LogP contribution in [0.5, 0.6) is 0 Å². The van der Waals surface area contributed by atoms with Gasteiger partial charge >= 0.3 is 0 Å². The van der Waals surface area contributed by atoms with E-state index in [-0.39, 0.29) is 12.0 Å². The van der Waals surface area contributed by atoms with Crippen molar-refractivity contribution in [2.24, 2.45) is 5.84 Å². The quantitative estimate of drug-likeness (QED) is 0.547. The Bertz CT molecular complexity index is 434. The number of piperidine rings is 1. The average molecular weight is 264 g/mol. The minimum Gasteiger partial charge on any atom is -0.393 e. The number of hydrazine groups is 1. The lowest BCUT2D eigenvalue weighted by atomic mass is 10.1. The molecule has 6 heteroatoms. The van der Waals surface area contributed by atoms with Gasteiger partial charge in [-0.2, -0.15) is 0 Å². The summed E-state index contributed by atoms with van der Waals surface area (Å²) in [6, 6.07) is 3.46. The summed E-state index contributed by atoms with van der Waals surface area (Å²) in [7, 11) is 0. The van der Waals surface area contributed by atoms with Crippen molar-refractivity contribution in [3.8, 4) is 0 Å². The number of nitrogen functional groups attached to an aromatic ring is 1. The molecule has 1 aliphatic heterocycles. The van der Waals surface area contributed by atoms with Crippen LogP contribution >= 0.6 is 0 Å². The molecule has 0 bridgehead atoms. The van der Waals surface area contributed by atoms with Crippen molar-refractivity contribution in [1.29, 1.82) is 0 Å². The van der Waals surface area contributed by atoms with Crippen LogP contribution in [0.25, 0.3) is 0 Å². The van der Waals surface area contributed by atoms with Gasteiger partial charge in [0.25, 0.3) is 5.91 Å². The van der Waals surface area contributed by atoms with E-state index in [0.29, 0.717) is 37.3 Å². The lowest BCUT2D eigenvalue weighted by molar-refractivity contribution is 0.0546. The van der Waals surface area contributed by atoms with E-state index in [1.165, 1.54) is 0 Å². The molecule has 0 spiro atoms. The van der Waals surface area contributed by atoms with E-state index in [1.54, 1.807) is 17.0 Å². The van der Waals surface area contributed by atoms with Crippen LogP contribution < -0.4 is 11.3 Å². The summed E-state index contributed by atoms with van der Waals surface area (Å²) in [6.07, 6.45) is 1.74. The van der Waals surface area contributed by atoms with Crippen molar-refractivity contribution in [2.75, 3.05) is 18.5 Å². The average Bonchev–Trinajstić information content (AvgIpc) is 2.46. The minimum atomic E-state index is -0.283. The molecule has 1 fully saturated rings. The summed E-state index contributed by atoms with van der Waals surface area (Å²) in [5.41, 5.74) is 3.91.